The Kier molecular flexibility index (Phi) is 10.9. The summed E-state index contributed by atoms with van der Waals surface area (Å²) in [6.07, 6.45) is -0.462. The molecule has 3 unspecified atom stereocenters. The zero-order valence-electron chi connectivity index (χ0n) is 32.8. The fourth-order valence-corrected chi connectivity index (χ4v) is 7.49. The fraction of sp³-hybridized carbons (Fsp3) is 0.0755. The van der Waals surface area contributed by atoms with Crippen LogP contribution in [0.4, 0.5) is 0 Å². The van der Waals surface area contributed by atoms with Crippen LogP contribution in [0.1, 0.15) is 42.0 Å². The normalized spacial score (nSPS) is 12.8. The summed E-state index contributed by atoms with van der Waals surface area (Å²) in [6, 6.07) is 71.4. The van der Waals surface area contributed by atoms with Gasteiger partial charge in [-0.05, 0) is 68.8 Å². The van der Waals surface area contributed by atoms with Crippen molar-refractivity contribution in [3.63, 3.8) is 0 Å². The molecule has 0 saturated heterocycles. The largest absolute Gasteiger partial charge is 0.312 e. The molecule has 0 amide bonds. The number of aromatic nitrogens is 3. The van der Waals surface area contributed by atoms with Crippen molar-refractivity contribution >= 4 is 10.8 Å². The van der Waals surface area contributed by atoms with Crippen LogP contribution in [0.3, 0.4) is 0 Å². The Labute approximate surface area is 345 Å². The minimum Gasteiger partial charge on any atom is -0.312 e. The average molecular weight is 765 g/mol. The molecular weight excluding hydrogens is 721 g/mol. The lowest BCUT2D eigenvalue weighted by molar-refractivity contribution is 0.356. The Bertz CT molecular complexity index is 2720. The summed E-state index contributed by atoms with van der Waals surface area (Å²) in [6.45, 7) is 2.19. The molecule has 8 aromatic carbocycles. The van der Waals surface area contributed by atoms with E-state index in [1.54, 1.807) is 0 Å². The van der Waals surface area contributed by atoms with Crippen LogP contribution in [-0.2, 0) is 0 Å². The summed E-state index contributed by atoms with van der Waals surface area (Å²) in [5.74, 6) is 1.94. The van der Waals surface area contributed by atoms with Crippen LogP contribution in [0.2, 0.25) is 0 Å². The summed E-state index contributed by atoms with van der Waals surface area (Å²) in [4.78, 5) is 14.7. The van der Waals surface area contributed by atoms with Crippen LogP contribution in [0.25, 0.3) is 67.2 Å². The number of hydrogen-bond acceptors (Lipinski definition) is 6. The molecule has 0 aliphatic carbocycles. The van der Waals surface area contributed by atoms with E-state index in [4.69, 9.17) is 20.7 Å². The summed E-state index contributed by atoms with van der Waals surface area (Å²) >= 11 is 0. The smallest absolute Gasteiger partial charge is 0.164 e. The van der Waals surface area contributed by atoms with Gasteiger partial charge < -0.3 is 5.73 Å². The van der Waals surface area contributed by atoms with Crippen molar-refractivity contribution in [1.29, 1.82) is 0 Å². The van der Waals surface area contributed by atoms with Crippen molar-refractivity contribution in [3.05, 3.63) is 223 Å². The number of nitrogens with zero attached hydrogens (tertiary/aromatic N) is 3. The lowest BCUT2D eigenvalue weighted by Gasteiger charge is -2.28. The Balaban J connectivity index is 0.935. The summed E-state index contributed by atoms with van der Waals surface area (Å²) in [7, 11) is 0. The molecule has 0 radical (unpaired) electrons. The van der Waals surface area contributed by atoms with Gasteiger partial charge in [0, 0.05) is 22.7 Å². The van der Waals surface area contributed by atoms with Gasteiger partial charge in [0.15, 0.2) is 17.5 Å². The summed E-state index contributed by atoms with van der Waals surface area (Å²) < 4.78 is 0. The van der Waals surface area contributed by atoms with Crippen LogP contribution in [0.15, 0.2) is 206 Å². The van der Waals surface area contributed by atoms with Crippen molar-refractivity contribution in [1.82, 2.24) is 25.6 Å². The van der Waals surface area contributed by atoms with E-state index in [9.17, 15) is 0 Å². The Morgan fingerprint density at radius 2 is 0.746 bits per heavy atom. The minimum atomic E-state index is -0.319. The van der Waals surface area contributed by atoms with E-state index in [-0.39, 0.29) is 18.4 Å². The molecule has 9 rings (SSSR count). The van der Waals surface area contributed by atoms with E-state index >= 15 is 0 Å². The van der Waals surface area contributed by atoms with E-state index in [0.717, 1.165) is 38.9 Å². The molecule has 0 aliphatic heterocycles. The SMILES string of the molecule is CC(NC(NC(N)c1ccccc1)c1ccccc1)c1ccc(-c2ccc3ccc(-c4ccc(-c5nc(-c6ccccc6)nc(-c6ccccc6)n5)cc4)cc3c2)cc1. The van der Waals surface area contributed by atoms with E-state index in [1.165, 1.54) is 27.5 Å². The highest BCUT2D eigenvalue weighted by molar-refractivity contribution is 5.91. The standard InChI is InChI=1S/C53H44N6/c1-36(55-50(42-16-8-3-9-17-42)56-49(54)41-14-6-2-7-15-41)37-22-24-38(25-23-37)46-32-28-40-29-33-47(35-48(40)34-46)39-26-30-45(31-27-39)53-58-51(43-18-10-4-11-19-43)57-52(59-53)44-20-12-5-13-21-44/h2-36,49-50,55-56H,54H2,1H3. The van der Waals surface area contributed by atoms with E-state index in [0.29, 0.717) is 17.5 Å². The van der Waals surface area contributed by atoms with Crippen LogP contribution in [-0.4, -0.2) is 15.0 Å². The summed E-state index contributed by atoms with van der Waals surface area (Å²) in [5.41, 5.74) is 17.5. The van der Waals surface area contributed by atoms with Gasteiger partial charge in [-0.1, -0.05) is 194 Å². The zero-order valence-corrected chi connectivity index (χ0v) is 32.8. The topological polar surface area (TPSA) is 88.8 Å². The van der Waals surface area contributed by atoms with Crippen molar-refractivity contribution in [2.45, 2.75) is 25.3 Å². The molecule has 286 valence electrons. The Morgan fingerprint density at radius 1 is 0.356 bits per heavy atom. The van der Waals surface area contributed by atoms with Crippen LogP contribution in [0, 0.1) is 0 Å². The second-order valence-corrected chi connectivity index (χ2v) is 14.8. The van der Waals surface area contributed by atoms with E-state index < -0.39 is 0 Å². The van der Waals surface area contributed by atoms with Gasteiger partial charge in [-0.25, -0.2) is 15.0 Å². The highest BCUT2D eigenvalue weighted by atomic mass is 15.2. The van der Waals surface area contributed by atoms with Crippen molar-refractivity contribution in [2.24, 2.45) is 5.73 Å². The molecule has 6 nitrogen and oxygen atoms in total. The van der Waals surface area contributed by atoms with Gasteiger partial charge in [0.1, 0.15) is 0 Å². The predicted molar refractivity (Wildman–Crippen MR) is 242 cm³/mol. The molecule has 59 heavy (non-hydrogen) atoms. The zero-order chi connectivity index (χ0) is 40.0. The third-order valence-electron chi connectivity index (χ3n) is 10.8. The van der Waals surface area contributed by atoms with Crippen LogP contribution in [0.5, 0.6) is 0 Å². The molecule has 3 atom stereocenters. The van der Waals surface area contributed by atoms with Crippen molar-refractivity contribution < 1.29 is 0 Å². The molecular formula is C53H44N6. The lowest BCUT2D eigenvalue weighted by atomic mass is 9.96. The van der Waals surface area contributed by atoms with Gasteiger partial charge in [-0.15, -0.1) is 0 Å². The number of nitrogens with two attached hydrogens (primary N) is 1. The number of rotatable bonds is 12. The van der Waals surface area contributed by atoms with Crippen LogP contribution < -0.4 is 16.4 Å². The minimum absolute atomic E-state index is 0.0669. The van der Waals surface area contributed by atoms with E-state index in [2.05, 4.69) is 139 Å². The van der Waals surface area contributed by atoms with Gasteiger partial charge in [0.25, 0.3) is 0 Å². The lowest BCUT2D eigenvalue weighted by Crippen LogP contribution is -2.40. The highest BCUT2D eigenvalue weighted by Gasteiger charge is 2.19. The molecule has 0 bridgehead atoms. The number of nitrogens with one attached hydrogen (secondary N) is 2. The van der Waals surface area contributed by atoms with Gasteiger partial charge >= 0.3 is 0 Å². The van der Waals surface area contributed by atoms with Crippen molar-refractivity contribution in [3.8, 4) is 56.4 Å². The number of benzene rings is 8. The Morgan fingerprint density at radius 3 is 1.24 bits per heavy atom. The quantitative estimate of drug-likeness (QED) is 0.107. The molecule has 0 fully saturated rings. The molecule has 0 saturated carbocycles. The average Bonchev–Trinajstić information content (AvgIpc) is 3.32. The molecule has 0 spiro atoms. The maximum absolute atomic E-state index is 6.63. The summed E-state index contributed by atoms with van der Waals surface area (Å²) in [5, 5.41) is 9.78. The maximum atomic E-state index is 6.63. The monoisotopic (exact) mass is 764 g/mol. The molecule has 6 heteroatoms. The second-order valence-electron chi connectivity index (χ2n) is 14.8. The first kappa shape index (κ1) is 37.5. The first-order chi connectivity index (χ1) is 29.0. The fourth-order valence-electron chi connectivity index (χ4n) is 7.49. The molecule has 1 aromatic heterocycles. The third kappa shape index (κ3) is 8.61. The maximum Gasteiger partial charge on any atom is 0.164 e. The van der Waals surface area contributed by atoms with Gasteiger partial charge in [0.2, 0.25) is 0 Å². The third-order valence-corrected chi connectivity index (χ3v) is 10.8. The molecule has 9 aromatic rings. The molecule has 4 N–H and O–H groups in total. The first-order valence-electron chi connectivity index (χ1n) is 20.0. The number of hydrogen-bond donors (Lipinski definition) is 3. The Hall–Kier alpha value is -7.09. The number of fused-ring (bicyclic) bond motifs is 1. The van der Waals surface area contributed by atoms with E-state index in [1.807, 2.05) is 84.9 Å². The van der Waals surface area contributed by atoms with Crippen molar-refractivity contribution in [2.75, 3.05) is 0 Å². The molecule has 0 aliphatic rings. The highest BCUT2D eigenvalue weighted by Crippen LogP contribution is 2.32. The van der Waals surface area contributed by atoms with Gasteiger partial charge in [0.05, 0.1) is 12.3 Å². The second kappa shape index (κ2) is 17.2. The van der Waals surface area contributed by atoms with Gasteiger partial charge in [-0.3, -0.25) is 10.6 Å². The first-order valence-corrected chi connectivity index (χ1v) is 20.0. The predicted octanol–water partition coefficient (Wildman–Crippen LogP) is 12.0. The molecule has 1 heterocycles. The van der Waals surface area contributed by atoms with Crippen LogP contribution >= 0.6 is 0 Å². The van der Waals surface area contributed by atoms with Gasteiger partial charge in [-0.2, -0.15) is 0 Å².